The van der Waals surface area contributed by atoms with Crippen molar-refractivity contribution in [3.8, 4) is 0 Å². The normalized spacial score (nSPS) is 20.8. The van der Waals surface area contributed by atoms with E-state index >= 15 is 0 Å². The van der Waals surface area contributed by atoms with Gasteiger partial charge in [-0.05, 0) is 24.6 Å². The second-order valence-corrected chi connectivity index (χ2v) is 5.97. The molecular formula is C15H20ClN3O. The monoisotopic (exact) mass is 293 g/mol. The SMILES string of the molecule is Cc1c(Cl)cccc1C(=O)N1CC(N2CCNCC2)C1. The number of carbonyl (C=O) groups excluding carboxylic acids is 1. The van der Waals surface area contributed by atoms with Crippen LogP contribution < -0.4 is 5.32 Å². The quantitative estimate of drug-likeness (QED) is 0.895. The van der Waals surface area contributed by atoms with Gasteiger partial charge in [0.15, 0.2) is 0 Å². The Morgan fingerprint density at radius 1 is 1.30 bits per heavy atom. The van der Waals surface area contributed by atoms with Gasteiger partial charge in [-0.3, -0.25) is 9.69 Å². The molecule has 1 amide bonds. The lowest BCUT2D eigenvalue weighted by atomic mass is 10.0. The molecule has 1 N–H and O–H groups in total. The highest BCUT2D eigenvalue weighted by Gasteiger charge is 2.35. The van der Waals surface area contributed by atoms with Crippen LogP contribution in [0.15, 0.2) is 18.2 Å². The summed E-state index contributed by atoms with van der Waals surface area (Å²) in [7, 11) is 0. The van der Waals surface area contributed by atoms with Gasteiger partial charge in [0, 0.05) is 55.9 Å². The number of benzene rings is 1. The Balaban J connectivity index is 1.61. The predicted octanol–water partition coefficient (Wildman–Crippen LogP) is 1.38. The van der Waals surface area contributed by atoms with Crippen LogP contribution in [0.5, 0.6) is 0 Å². The molecule has 1 aromatic rings. The van der Waals surface area contributed by atoms with Gasteiger partial charge in [0.1, 0.15) is 0 Å². The number of nitrogens with one attached hydrogen (secondary N) is 1. The number of likely N-dealkylation sites (tertiary alicyclic amines) is 1. The molecule has 0 saturated carbocycles. The molecule has 0 atom stereocenters. The van der Waals surface area contributed by atoms with E-state index in [-0.39, 0.29) is 5.91 Å². The van der Waals surface area contributed by atoms with Gasteiger partial charge < -0.3 is 10.2 Å². The van der Waals surface area contributed by atoms with Gasteiger partial charge >= 0.3 is 0 Å². The molecule has 0 aromatic heterocycles. The van der Waals surface area contributed by atoms with Gasteiger partial charge in [0.05, 0.1) is 0 Å². The maximum Gasteiger partial charge on any atom is 0.254 e. The molecule has 2 fully saturated rings. The summed E-state index contributed by atoms with van der Waals surface area (Å²) >= 11 is 6.09. The van der Waals surface area contributed by atoms with E-state index in [1.54, 1.807) is 0 Å². The third-order valence-corrected chi connectivity index (χ3v) is 4.73. The smallest absolute Gasteiger partial charge is 0.254 e. The van der Waals surface area contributed by atoms with Gasteiger partial charge in [0.25, 0.3) is 5.91 Å². The lowest BCUT2D eigenvalue weighted by Crippen LogP contribution is -2.63. The number of hydrogen-bond acceptors (Lipinski definition) is 3. The predicted molar refractivity (Wildman–Crippen MR) is 80.3 cm³/mol. The van der Waals surface area contributed by atoms with Crippen molar-refractivity contribution in [2.24, 2.45) is 0 Å². The minimum atomic E-state index is 0.108. The fourth-order valence-corrected chi connectivity index (χ4v) is 3.08. The Morgan fingerprint density at radius 2 is 2.00 bits per heavy atom. The lowest BCUT2D eigenvalue weighted by molar-refractivity contribution is 0.0226. The van der Waals surface area contributed by atoms with Crippen molar-refractivity contribution in [2.75, 3.05) is 39.3 Å². The van der Waals surface area contributed by atoms with Gasteiger partial charge in [-0.1, -0.05) is 17.7 Å². The summed E-state index contributed by atoms with van der Waals surface area (Å²) in [6.45, 7) is 7.86. The minimum absolute atomic E-state index is 0.108. The molecule has 1 aromatic carbocycles. The summed E-state index contributed by atoms with van der Waals surface area (Å²) in [5.41, 5.74) is 1.61. The first-order valence-corrected chi connectivity index (χ1v) is 7.54. The summed E-state index contributed by atoms with van der Waals surface area (Å²) in [6, 6.07) is 6.06. The second kappa shape index (κ2) is 5.72. The topological polar surface area (TPSA) is 35.6 Å². The molecule has 0 radical (unpaired) electrons. The van der Waals surface area contributed by atoms with E-state index in [0.717, 1.165) is 50.4 Å². The average Bonchev–Trinajstić information content (AvgIpc) is 2.41. The summed E-state index contributed by atoms with van der Waals surface area (Å²) in [4.78, 5) is 16.9. The van der Waals surface area contributed by atoms with Crippen LogP contribution in [0.2, 0.25) is 5.02 Å². The lowest BCUT2D eigenvalue weighted by Gasteiger charge is -2.46. The number of piperazine rings is 1. The Bertz CT molecular complexity index is 508. The Labute approximate surface area is 124 Å². The molecule has 2 saturated heterocycles. The minimum Gasteiger partial charge on any atom is -0.335 e. The highest BCUT2D eigenvalue weighted by molar-refractivity contribution is 6.31. The third kappa shape index (κ3) is 2.55. The van der Waals surface area contributed by atoms with Crippen molar-refractivity contribution in [1.82, 2.24) is 15.1 Å². The zero-order valence-electron chi connectivity index (χ0n) is 11.7. The average molecular weight is 294 g/mol. The van der Waals surface area contributed by atoms with Crippen LogP contribution in [-0.2, 0) is 0 Å². The first kappa shape index (κ1) is 13.9. The van der Waals surface area contributed by atoms with E-state index in [1.807, 2.05) is 30.0 Å². The largest absolute Gasteiger partial charge is 0.335 e. The van der Waals surface area contributed by atoms with Gasteiger partial charge in [-0.2, -0.15) is 0 Å². The Kier molecular flexibility index (Phi) is 3.96. The molecule has 2 aliphatic heterocycles. The molecule has 20 heavy (non-hydrogen) atoms. The van der Waals surface area contributed by atoms with Crippen molar-refractivity contribution in [3.63, 3.8) is 0 Å². The first-order chi connectivity index (χ1) is 9.66. The van der Waals surface area contributed by atoms with E-state index < -0.39 is 0 Å². The van der Waals surface area contributed by atoms with E-state index in [0.29, 0.717) is 11.1 Å². The number of nitrogens with zero attached hydrogens (tertiary/aromatic N) is 2. The van der Waals surface area contributed by atoms with Crippen molar-refractivity contribution < 1.29 is 4.79 Å². The number of halogens is 1. The van der Waals surface area contributed by atoms with Gasteiger partial charge in [0.2, 0.25) is 0 Å². The molecule has 108 valence electrons. The molecule has 2 heterocycles. The Morgan fingerprint density at radius 3 is 2.70 bits per heavy atom. The first-order valence-electron chi connectivity index (χ1n) is 7.16. The fraction of sp³-hybridized carbons (Fsp3) is 0.533. The van der Waals surface area contributed by atoms with E-state index in [2.05, 4.69) is 10.2 Å². The maximum absolute atomic E-state index is 12.5. The fourth-order valence-electron chi connectivity index (χ4n) is 2.91. The summed E-state index contributed by atoms with van der Waals surface area (Å²) in [5.74, 6) is 0.108. The highest BCUT2D eigenvalue weighted by atomic mass is 35.5. The molecule has 5 heteroatoms. The number of rotatable bonds is 2. The third-order valence-electron chi connectivity index (χ3n) is 4.32. The molecule has 3 rings (SSSR count). The van der Waals surface area contributed by atoms with E-state index in [9.17, 15) is 4.79 Å². The molecule has 0 aliphatic carbocycles. The number of carbonyl (C=O) groups is 1. The van der Waals surface area contributed by atoms with Crippen molar-refractivity contribution in [1.29, 1.82) is 0 Å². The van der Waals surface area contributed by atoms with Crippen LogP contribution in [0.1, 0.15) is 15.9 Å². The van der Waals surface area contributed by atoms with Crippen LogP contribution in [0.4, 0.5) is 0 Å². The molecule has 4 nitrogen and oxygen atoms in total. The number of amides is 1. The van der Waals surface area contributed by atoms with Crippen LogP contribution in [0.3, 0.4) is 0 Å². The van der Waals surface area contributed by atoms with Crippen LogP contribution in [0, 0.1) is 6.92 Å². The van der Waals surface area contributed by atoms with Crippen LogP contribution in [0.25, 0.3) is 0 Å². The van der Waals surface area contributed by atoms with Crippen molar-refractivity contribution in [3.05, 3.63) is 34.3 Å². The summed E-state index contributed by atoms with van der Waals surface area (Å²) < 4.78 is 0. The maximum atomic E-state index is 12.5. The second-order valence-electron chi connectivity index (χ2n) is 5.56. The number of hydrogen-bond donors (Lipinski definition) is 1. The van der Waals surface area contributed by atoms with Crippen LogP contribution in [-0.4, -0.2) is 61.0 Å². The highest BCUT2D eigenvalue weighted by Crippen LogP contribution is 2.23. The van der Waals surface area contributed by atoms with E-state index in [4.69, 9.17) is 11.6 Å². The van der Waals surface area contributed by atoms with Gasteiger partial charge in [-0.15, -0.1) is 0 Å². The summed E-state index contributed by atoms with van der Waals surface area (Å²) in [6.07, 6.45) is 0. The zero-order valence-corrected chi connectivity index (χ0v) is 12.5. The van der Waals surface area contributed by atoms with Crippen molar-refractivity contribution >= 4 is 17.5 Å². The molecule has 0 bridgehead atoms. The molecular weight excluding hydrogens is 274 g/mol. The molecule has 0 unspecified atom stereocenters. The summed E-state index contributed by atoms with van der Waals surface area (Å²) in [5, 5.41) is 4.02. The zero-order chi connectivity index (χ0) is 14.1. The molecule has 2 aliphatic rings. The van der Waals surface area contributed by atoms with Gasteiger partial charge in [-0.25, -0.2) is 0 Å². The van der Waals surface area contributed by atoms with E-state index in [1.165, 1.54) is 0 Å². The van der Waals surface area contributed by atoms with Crippen molar-refractivity contribution in [2.45, 2.75) is 13.0 Å². The Hall–Kier alpha value is -1.10. The standard InChI is InChI=1S/C15H20ClN3O/c1-11-13(3-2-4-14(11)16)15(20)19-9-12(10-19)18-7-5-17-6-8-18/h2-4,12,17H,5-10H2,1H3. The molecule has 0 spiro atoms. The van der Waals surface area contributed by atoms with Crippen LogP contribution >= 0.6 is 11.6 Å².